The number of amides is 1. The smallest absolute Gasteiger partial charge is 0.435 e. The first-order valence-corrected chi connectivity index (χ1v) is 7.30. The lowest BCUT2D eigenvalue weighted by atomic mass is 10.1. The fourth-order valence-electron chi connectivity index (χ4n) is 2.44. The number of alkyl halides is 3. The van der Waals surface area contributed by atoms with E-state index in [2.05, 4.69) is 10.4 Å². The van der Waals surface area contributed by atoms with Gasteiger partial charge in [-0.3, -0.25) is 9.58 Å². The summed E-state index contributed by atoms with van der Waals surface area (Å²) in [5.41, 5.74) is -1.32. The summed E-state index contributed by atoms with van der Waals surface area (Å²) >= 11 is 0. The number of ether oxygens (including phenoxy) is 1. The molecule has 1 aromatic rings. The summed E-state index contributed by atoms with van der Waals surface area (Å²) < 4.78 is 45.0. The van der Waals surface area contributed by atoms with Gasteiger partial charge in [0.15, 0.2) is 5.69 Å². The Hall–Kier alpha value is -1.77. The Morgan fingerprint density at radius 3 is 2.57 bits per heavy atom. The Morgan fingerprint density at radius 1 is 1.39 bits per heavy atom. The summed E-state index contributed by atoms with van der Waals surface area (Å²) in [5, 5.41) is 6.59. The zero-order valence-electron chi connectivity index (χ0n) is 13.6. The van der Waals surface area contributed by atoms with Gasteiger partial charge in [-0.15, -0.1) is 0 Å². The highest BCUT2D eigenvalue weighted by Crippen LogP contribution is 2.32. The van der Waals surface area contributed by atoms with Crippen molar-refractivity contribution in [1.82, 2.24) is 20.0 Å². The van der Waals surface area contributed by atoms with Crippen LogP contribution in [0.15, 0.2) is 6.07 Å². The standard InChI is InChI=1S/C14H21F3N4O2/c1-13(2,3)23-12(22)21-6-5-18-8-10(21)9-7-11(14(15,16)17)19-20(9)4/h7,10,18H,5-6,8H2,1-4H3. The average molecular weight is 334 g/mol. The number of hydrogen-bond acceptors (Lipinski definition) is 4. The van der Waals surface area contributed by atoms with Crippen LogP contribution in [-0.2, 0) is 18.0 Å². The first-order valence-electron chi connectivity index (χ1n) is 7.30. The van der Waals surface area contributed by atoms with Crippen LogP contribution in [0.4, 0.5) is 18.0 Å². The molecule has 130 valence electrons. The summed E-state index contributed by atoms with van der Waals surface area (Å²) in [4.78, 5) is 13.8. The number of rotatable bonds is 1. The maximum atomic E-state index is 12.8. The van der Waals surface area contributed by atoms with Gasteiger partial charge in [0.1, 0.15) is 5.60 Å². The molecular formula is C14H21F3N4O2. The lowest BCUT2D eigenvalue weighted by Gasteiger charge is -2.37. The molecule has 1 N–H and O–H groups in total. The van der Waals surface area contributed by atoms with Crippen LogP contribution >= 0.6 is 0 Å². The molecule has 0 aromatic carbocycles. The molecule has 2 rings (SSSR count). The molecule has 1 amide bonds. The molecule has 1 atom stereocenters. The molecule has 23 heavy (non-hydrogen) atoms. The lowest BCUT2D eigenvalue weighted by molar-refractivity contribution is -0.141. The highest BCUT2D eigenvalue weighted by atomic mass is 19.4. The van der Waals surface area contributed by atoms with E-state index in [0.29, 0.717) is 25.3 Å². The van der Waals surface area contributed by atoms with Crippen LogP contribution in [-0.4, -0.2) is 46.0 Å². The number of aromatic nitrogens is 2. The number of halogens is 3. The normalized spacial score (nSPS) is 19.8. The summed E-state index contributed by atoms with van der Waals surface area (Å²) in [5.74, 6) is 0. The minimum Gasteiger partial charge on any atom is -0.444 e. The lowest BCUT2D eigenvalue weighted by Crippen LogP contribution is -2.50. The van der Waals surface area contributed by atoms with E-state index in [0.717, 1.165) is 10.7 Å². The van der Waals surface area contributed by atoms with E-state index in [1.54, 1.807) is 20.8 Å². The van der Waals surface area contributed by atoms with E-state index in [4.69, 9.17) is 4.74 Å². The van der Waals surface area contributed by atoms with Gasteiger partial charge in [-0.25, -0.2) is 4.79 Å². The average Bonchev–Trinajstić information content (AvgIpc) is 2.79. The number of nitrogens with zero attached hydrogens (tertiary/aromatic N) is 3. The van der Waals surface area contributed by atoms with E-state index >= 15 is 0 Å². The maximum absolute atomic E-state index is 12.8. The molecule has 0 aliphatic carbocycles. The molecular weight excluding hydrogens is 313 g/mol. The molecule has 1 saturated heterocycles. The number of hydrogen-bond donors (Lipinski definition) is 1. The number of nitrogens with one attached hydrogen (secondary N) is 1. The number of aryl methyl sites for hydroxylation is 1. The first kappa shape index (κ1) is 17.6. The monoisotopic (exact) mass is 334 g/mol. The fraction of sp³-hybridized carbons (Fsp3) is 0.714. The minimum absolute atomic E-state index is 0.315. The summed E-state index contributed by atoms with van der Waals surface area (Å²) in [6.07, 6.45) is -5.06. The summed E-state index contributed by atoms with van der Waals surface area (Å²) in [6, 6.07) is 0.418. The number of piperazine rings is 1. The fourth-order valence-corrected chi connectivity index (χ4v) is 2.44. The van der Waals surface area contributed by atoms with Gasteiger partial charge < -0.3 is 10.1 Å². The zero-order valence-corrected chi connectivity index (χ0v) is 13.6. The topological polar surface area (TPSA) is 59.4 Å². The van der Waals surface area contributed by atoms with E-state index in [-0.39, 0.29) is 0 Å². The van der Waals surface area contributed by atoms with Crippen LogP contribution in [0.3, 0.4) is 0 Å². The third-order valence-corrected chi connectivity index (χ3v) is 3.42. The Labute approximate surface area is 132 Å². The van der Waals surface area contributed by atoms with Crippen LogP contribution in [0.2, 0.25) is 0 Å². The van der Waals surface area contributed by atoms with Gasteiger partial charge >= 0.3 is 12.3 Å². The second kappa shape index (κ2) is 6.03. The minimum atomic E-state index is -4.52. The quantitative estimate of drug-likeness (QED) is 0.856. The predicted octanol–water partition coefficient (Wildman–Crippen LogP) is 2.32. The van der Waals surface area contributed by atoms with Crippen molar-refractivity contribution < 1.29 is 22.7 Å². The van der Waals surface area contributed by atoms with E-state index < -0.39 is 29.6 Å². The molecule has 1 aliphatic rings. The molecule has 0 saturated carbocycles. The highest BCUT2D eigenvalue weighted by Gasteiger charge is 2.38. The summed E-state index contributed by atoms with van der Waals surface area (Å²) in [6.45, 7) is 6.48. The molecule has 1 unspecified atom stereocenters. The first-order chi connectivity index (χ1) is 10.5. The Morgan fingerprint density at radius 2 is 2.04 bits per heavy atom. The largest absolute Gasteiger partial charge is 0.444 e. The van der Waals surface area contributed by atoms with Crippen molar-refractivity contribution in [3.8, 4) is 0 Å². The van der Waals surface area contributed by atoms with Crippen LogP contribution in [0.1, 0.15) is 38.2 Å². The molecule has 9 heteroatoms. The third-order valence-electron chi connectivity index (χ3n) is 3.42. The zero-order chi connectivity index (χ0) is 17.4. The van der Waals surface area contributed by atoms with E-state index in [1.165, 1.54) is 11.9 Å². The SMILES string of the molecule is Cn1nc(C(F)(F)F)cc1C1CNCCN1C(=O)OC(C)(C)C. The Kier molecular flexibility index (Phi) is 4.61. The molecule has 0 radical (unpaired) electrons. The summed E-state index contributed by atoms with van der Waals surface area (Å²) in [7, 11) is 1.44. The van der Waals surface area contributed by atoms with Crippen molar-refractivity contribution in [2.75, 3.05) is 19.6 Å². The van der Waals surface area contributed by atoms with Crippen molar-refractivity contribution in [3.05, 3.63) is 17.5 Å². The van der Waals surface area contributed by atoms with Crippen molar-refractivity contribution in [2.24, 2.45) is 7.05 Å². The molecule has 0 bridgehead atoms. The van der Waals surface area contributed by atoms with Gasteiger partial charge in [0.25, 0.3) is 0 Å². The number of carbonyl (C=O) groups excluding carboxylic acids is 1. The van der Waals surface area contributed by atoms with Crippen LogP contribution in [0, 0.1) is 0 Å². The second-order valence-corrected chi connectivity index (χ2v) is 6.47. The molecule has 2 heterocycles. The second-order valence-electron chi connectivity index (χ2n) is 6.47. The molecule has 1 aliphatic heterocycles. The van der Waals surface area contributed by atoms with Crippen molar-refractivity contribution >= 4 is 6.09 Å². The van der Waals surface area contributed by atoms with Crippen LogP contribution in [0.5, 0.6) is 0 Å². The number of carbonyl (C=O) groups is 1. The van der Waals surface area contributed by atoms with Gasteiger partial charge in [-0.2, -0.15) is 18.3 Å². The Bertz CT molecular complexity index is 578. The van der Waals surface area contributed by atoms with E-state index in [1.807, 2.05) is 0 Å². The van der Waals surface area contributed by atoms with E-state index in [9.17, 15) is 18.0 Å². The molecule has 1 aromatic heterocycles. The van der Waals surface area contributed by atoms with Gasteiger partial charge in [-0.05, 0) is 26.8 Å². The van der Waals surface area contributed by atoms with Gasteiger partial charge in [0.05, 0.1) is 11.7 Å². The highest BCUT2D eigenvalue weighted by molar-refractivity contribution is 5.69. The van der Waals surface area contributed by atoms with Gasteiger partial charge in [-0.1, -0.05) is 0 Å². The van der Waals surface area contributed by atoms with Crippen LogP contribution in [0.25, 0.3) is 0 Å². The molecule has 0 spiro atoms. The third kappa shape index (κ3) is 4.15. The maximum Gasteiger partial charge on any atom is 0.435 e. The predicted molar refractivity (Wildman–Crippen MR) is 76.8 cm³/mol. The molecule has 1 fully saturated rings. The van der Waals surface area contributed by atoms with Crippen LogP contribution < -0.4 is 5.32 Å². The van der Waals surface area contributed by atoms with Crippen molar-refractivity contribution in [3.63, 3.8) is 0 Å². The van der Waals surface area contributed by atoms with Gasteiger partial charge in [0.2, 0.25) is 0 Å². The van der Waals surface area contributed by atoms with Gasteiger partial charge in [0, 0.05) is 26.7 Å². The molecule has 6 nitrogen and oxygen atoms in total. The van der Waals surface area contributed by atoms with Crippen molar-refractivity contribution in [2.45, 2.75) is 38.6 Å². The Balaban J connectivity index is 2.28. The van der Waals surface area contributed by atoms with Crippen molar-refractivity contribution in [1.29, 1.82) is 0 Å².